The van der Waals surface area contributed by atoms with Crippen LogP contribution in [0.15, 0.2) is 30.5 Å². The van der Waals surface area contributed by atoms with E-state index in [0.717, 1.165) is 11.9 Å². The molecule has 0 saturated carbocycles. The molecule has 1 fully saturated rings. The number of nitrogens with zero attached hydrogens (tertiary/aromatic N) is 2. The summed E-state index contributed by atoms with van der Waals surface area (Å²) >= 11 is 0. The number of rotatable bonds is 5. The topological polar surface area (TPSA) is 56.4 Å². The average molecular weight is 341 g/mol. The Kier molecular flexibility index (Phi) is 5.41. The number of aryl methyl sites for hydroxylation is 1. The first kappa shape index (κ1) is 17.5. The molecule has 1 aliphatic heterocycles. The Bertz CT molecular complexity index is 742. The summed E-state index contributed by atoms with van der Waals surface area (Å²) in [5.41, 5.74) is 2.30. The van der Waals surface area contributed by atoms with E-state index < -0.39 is 0 Å². The van der Waals surface area contributed by atoms with Crippen molar-refractivity contribution in [3.8, 4) is 0 Å². The Morgan fingerprint density at radius 1 is 1.04 bits per heavy atom. The van der Waals surface area contributed by atoms with Gasteiger partial charge in [-0.1, -0.05) is 32.0 Å². The molecule has 3 rings (SSSR count). The third-order valence-corrected chi connectivity index (χ3v) is 4.85. The van der Waals surface area contributed by atoms with Gasteiger partial charge in [-0.3, -0.25) is 9.59 Å². The molecule has 0 unspecified atom stereocenters. The SMILES string of the molecule is CC(C)CC(=O)N1CCN(C(=O)CCc2c[nH]c3ccccc23)CC1. The van der Waals surface area contributed by atoms with Crippen molar-refractivity contribution < 1.29 is 9.59 Å². The highest BCUT2D eigenvalue weighted by atomic mass is 16.2. The summed E-state index contributed by atoms with van der Waals surface area (Å²) in [6.07, 6.45) is 3.85. The van der Waals surface area contributed by atoms with Gasteiger partial charge in [-0.15, -0.1) is 0 Å². The van der Waals surface area contributed by atoms with Crippen LogP contribution in [0.3, 0.4) is 0 Å². The first-order valence-electron chi connectivity index (χ1n) is 9.15. The van der Waals surface area contributed by atoms with Gasteiger partial charge >= 0.3 is 0 Å². The number of nitrogens with one attached hydrogen (secondary N) is 1. The van der Waals surface area contributed by atoms with E-state index in [1.165, 1.54) is 10.9 Å². The summed E-state index contributed by atoms with van der Waals surface area (Å²) in [7, 11) is 0. The lowest BCUT2D eigenvalue weighted by Crippen LogP contribution is -2.50. The van der Waals surface area contributed by atoms with Crippen molar-refractivity contribution in [1.82, 2.24) is 14.8 Å². The van der Waals surface area contributed by atoms with E-state index in [2.05, 4.69) is 24.9 Å². The Labute approximate surface area is 149 Å². The Morgan fingerprint density at radius 3 is 2.36 bits per heavy atom. The number of piperazine rings is 1. The molecule has 1 aromatic carbocycles. The van der Waals surface area contributed by atoms with Gasteiger partial charge in [-0.25, -0.2) is 0 Å². The van der Waals surface area contributed by atoms with Crippen molar-refractivity contribution in [2.75, 3.05) is 26.2 Å². The van der Waals surface area contributed by atoms with Crippen LogP contribution in [0.4, 0.5) is 0 Å². The van der Waals surface area contributed by atoms with Crippen molar-refractivity contribution in [1.29, 1.82) is 0 Å². The van der Waals surface area contributed by atoms with E-state index in [-0.39, 0.29) is 11.8 Å². The van der Waals surface area contributed by atoms with Gasteiger partial charge < -0.3 is 14.8 Å². The molecule has 5 nitrogen and oxygen atoms in total. The van der Waals surface area contributed by atoms with Gasteiger partial charge in [0, 0.05) is 56.1 Å². The third-order valence-electron chi connectivity index (χ3n) is 4.85. The minimum Gasteiger partial charge on any atom is -0.361 e. The number of hydrogen-bond acceptors (Lipinski definition) is 2. The summed E-state index contributed by atoms with van der Waals surface area (Å²) in [6.45, 7) is 6.73. The van der Waals surface area contributed by atoms with Crippen molar-refractivity contribution in [3.63, 3.8) is 0 Å². The Balaban J connectivity index is 1.49. The largest absolute Gasteiger partial charge is 0.361 e. The van der Waals surface area contributed by atoms with Crippen LogP contribution in [0.25, 0.3) is 10.9 Å². The molecule has 0 aliphatic carbocycles. The molecule has 0 atom stereocenters. The zero-order valence-corrected chi connectivity index (χ0v) is 15.1. The summed E-state index contributed by atoms with van der Waals surface area (Å²) in [5, 5.41) is 1.19. The van der Waals surface area contributed by atoms with Crippen molar-refractivity contribution in [3.05, 3.63) is 36.0 Å². The normalized spacial score (nSPS) is 15.2. The van der Waals surface area contributed by atoms with Crippen LogP contribution in [0.1, 0.15) is 32.3 Å². The molecule has 0 radical (unpaired) electrons. The Hall–Kier alpha value is -2.30. The highest BCUT2D eigenvalue weighted by Gasteiger charge is 2.24. The molecule has 25 heavy (non-hydrogen) atoms. The van der Waals surface area contributed by atoms with Gasteiger partial charge in [0.1, 0.15) is 0 Å². The third kappa shape index (κ3) is 4.21. The number of fused-ring (bicyclic) bond motifs is 1. The fourth-order valence-electron chi connectivity index (χ4n) is 3.42. The molecule has 134 valence electrons. The molecule has 1 N–H and O–H groups in total. The second-order valence-electron chi connectivity index (χ2n) is 7.22. The van der Waals surface area contributed by atoms with Gasteiger partial charge in [0.05, 0.1) is 0 Å². The molecule has 1 aromatic heterocycles. The molecule has 0 spiro atoms. The average Bonchev–Trinajstić information content (AvgIpc) is 3.02. The first-order chi connectivity index (χ1) is 12.0. The first-order valence-corrected chi connectivity index (χ1v) is 9.15. The second-order valence-corrected chi connectivity index (χ2v) is 7.22. The standard InChI is InChI=1S/C20H27N3O2/c1-15(2)13-20(25)23-11-9-22(10-12-23)19(24)8-7-16-14-21-18-6-4-3-5-17(16)18/h3-6,14-15,21H,7-13H2,1-2H3. The lowest BCUT2D eigenvalue weighted by molar-refractivity contribution is -0.140. The Morgan fingerprint density at radius 2 is 1.68 bits per heavy atom. The van der Waals surface area contributed by atoms with Gasteiger partial charge in [-0.2, -0.15) is 0 Å². The predicted molar refractivity (Wildman–Crippen MR) is 99.2 cm³/mol. The fourth-order valence-corrected chi connectivity index (χ4v) is 3.42. The molecular formula is C20H27N3O2. The second kappa shape index (κ2) is 7.72. The number of carbonyl (C=O) groups excluding carboxylic acids is 2. The monoisotopic (exact) mass is 341 g/mol. The number of benzene rings is 1. The smallest absolute Gasteiger partial charge is 0.223 e. The zero-order valence-electron chi connectivity index (χ0n) is 15.1. The highest BCUT2D eigenvalue weighted by molar-refractivity contribution is 5.84. The molecule has 5 heteroatoms. The van der Waals surface area contributed by atoms with Crippen molar-refractivity contribution >= 4 is 22.7 Å². The maximum atomic E-state index is 12.5. The van der Waals surface area contributed by atoms with E-state index in [9.17, 15) is 9.59 Å². The van der Waals surface area contributed by atoms with Crippen LogP contribution in [0.2, 0.25) is 0 Å². The van der Waals surface area contributed by atoms with Gasteiger partial charge in [0.25, 0.3) is 0 Å². The van der Waals surface area contributed by atoms with Gasteiger partial charge in [0.2, 0.25) is 11.8 Å². The number of hydrogen-bond donors (Lipinski definition) is 1. The number of H-pyrrole nitrogens is 1. The summed E-state index contributed by atoms with van der Waals surface area (Å²) in [6, 6.07) is 8.17. The van der Waals surface area contributed by atoms with Crippen LogP contribution in [0.5, 0.6) is 0 Å². The van der Waals surface area contributed by atoms with Gasteiger partial charge in [0.15, 0.2) is 0 Å². The van der Waals surface area contributed by atoms with Crippen LogP contribution in [-0.2, 0) is 16.0 Å². The van der Waals surface area contributed by atoms with E-state index >= 15 is 0 Å². The maximum Gasteiger partial charge on any atom is 0.223 e. The lowest BCUT2D eigenvalue weighted by atomic mass is 10.1. The summed E-state index contributed by atoms with van der Waals surface area (Å²) < 4.78 is 0. The fraction of sp³-hybridized carbons (Fsp3) is 0.500. The molecule has 2 heterocycles. The molecule has 1 saturated heterocycles. The molecular weight excluding hydrogens is 314 g/mol. The van der Waals surface area contributed by atoms with Crippen molar-refractivity contribution in [2.24, 2.45) is 5.92 Å². The molecule has 0 bridgehead atoms. The highest BCUT2D eigenvalue weighted by Crippen LogP contribution is 2.19. The quantitative estimate of drug-likeness (QED) is 0.909. The van der Waals surface area contributed by atoms with Crippen LogP contribution in [-0.4, -0.2) is 52.8 Å². The summed E-state index contributed by atoms with van der Waals surface area (Å²) in [4.78, 5) is 31.7. The summed E-state index contributed by atoms with van der Waals surface area (Å²) in [5.74, 6) is 0.769. The van der Waals surface area contributed by atoms with Crippen molar-refractivity contribution in [2.45, 2.75) is 33.1 Å². The minimum absolute atomic E-state index is 0.182. The van der Waals surface area contributed by atoms with E-state index in [4.69, 9.17) is 0 Å². The van der Waals surface area contributed by atoms with E-state index in [1.54, 1.807) is 0 Å². The number of para-hydroxylation sites is 1. The van der Waals surface area contributed by atoms with Crippen LogP contribution < -0.4 is 0 Å². The number of aromatic nitrogens is 1. The molecule has 1 aliphatic rings. The van der Waals surface area contributed by atoms with Crippen LogP contribution >= 0.6 is 0 Å². The maximum absolute atomic E-state index is 12.5. The zero-order chi connectivity index (χ0) is 17.8. The van der Waals surface area contributed by atoms with Crippen LogP contribution in [0, 0.1) is 5.92 Å². The molecule has 2 amide bonds. The lowest BCUT2D eigenvalue weighted by Gasteiger charge is -2.35. The number of aromatic amines is 1. The number of carbonyl (C=O) groups is 2. The molecule has 2 aromatic rings. The van der Waals surface area contributed by atoms with E-state index in [0.29, 0.717) is 44.9 Å². The van der Waals surface area contributed by atoms with Gasteiger partial charge in [-0.05, 0) is 24.0 Å². The number of amides is 2. The van der Waals surface area contributed by atoms with E-state index in [1.807, 2.05) is 34.2 Å². The minimum atomic E-state index is 0.182. The predicted octanol–water partition coefficient (Wildman–Crippen LogP) is 2.82.